The highest BCUT2D eigenvalue weighted by Crippen LogP contribution is 2.27. The summed E-state index contributed by atoms with van der Waals surface area (Å²) in [6.45, 7) is 3.56. The zero-order chi connectivity index (χ0) is 16.2. The van der Waals surface area contributed by atoms with E-state index in [1.54, 1.807) is 25.2 Å². The van der Waals surface area contributed by atoms with E-state index in [4.69, 9.17) is 9.63 Å². The van der Waals surface area contributed by atoms with Gasteiger partial charge in [0.1, 0.15) is 10.6 Å². The molecule has 0 bridgehead atoms. The Balaban J connectivity index is 2.00. The average molecular weight is 344 g/mol. The number of nitrogens with one attached hydrogen (secondary N) is 1. The van der Waals surface area contributed by atoms with E-state index in [0.717, 1.165) is 4.88 Å². The van der Waals surface area contributed by atoms with Gasteiger partial charge in [0.25, 0.3) is 0 Å². The number of rotatable bonds is 8. The minimum absolute atomic E-state index is 0.0825. The zero-order valence-corrected chi connectivity index (χ0v) is 14.2. The first-order chi connectivity index (χ1) is 10.5. The Bertz CT molecular complexity index is 673. The fraction of sp³-hybridized carbons (Fsp3) is 0.500. The molecule has 0 fully saturated rings. The lowest BCUT2D eigenvalue weighted by Gasteiger charge is -2.14. The summed E-state index contributed by atoms with van der Waals surface area (Å²) in [6, 6.07) is 3.96. The molecule has 0 aliphatic heterocycles. The predicted molar refractivity (Wildman–Crippen MR) is 84.5 cm³/mol. The monoisotopic (exact) mass is 344 g/mol. The second kappa shape index (κ2) is 7.36. The van der Waals surface area contributed by atoms with Gasteiger partial charge in [-0.3, -0.25) is 0 Å². The van der Waals surface area contributed by atoms with Crippen molar-refractivity contribution in [3.8, 4) is 0 Å². The molecular weight excluding hydrogens is 324 g/mol. The third-order valence-electron chi connectivity index (χ3n) is 3.44. The molecule has 0 saturated carbocycles. The maximum Gasteiger partial charge on any atom is 0.245 e. The summed E-state index contributed by atoms with van der Waals surface area (Å²) in [6.07, 6.45) is 1.25. The summed E-state index contributed by atoms with van der Waals surface area (Å²) < 4.78 is 32.1. The summed E-state index contributed by atoms with van der Waals surface area (Å²) in [7, 11) is -3.62. The molecule has 122 valence electrons. The van der Waals surface area contributed by atoms with Crippen LogP contribution in [0.4, 0.5) is 0 Å². The Morgan fingerprint density at radius 1 is 1.41 bits per heavy atom. The number of aromatic nitrogens is 1. The summed E-state index contributed by atoms with van der Waals surface area (Å²) in [5.41, 5.74) is 0.357. The van der Waals surface area contributed by atoms with Crippen molar-refractivity contribution < 1.29 is 18.0 Å². The summed E-state index contributed by atoms with van der Waals surface area (Å²) >= 11 is 1.62. The predicted octanol–water partition coefficient (Wildman–Crippen LogP) is 2.19. The molecule has 2 N–H and O–H groups in total. The van der Waals surface area contributed by atoms with Crippen molar-refractivity contribution in [1.82, 2.24) is 9.88 Å². The fourth-order valence-corrected chi connectivity index (χ4v) is 4.68. The first-order valence-electron chi connectivity index (χ1n) is 7.02. The lowest BCUT2D eigenvalue weighted by atomic mass is 10.0. The maximum atomic E-state index is 12.3. The van der Waals surface area contributed by atoms with Crippen LogP contribution in [0, 0.1) is 13.8 Å². The SMILES string of the molecule is Cc1noc(C)c1S(=O)(=O)NCCC(CCO)c1cccs1. The van der Waals surface area contributed by atoms with Crippen LogP contribution in [0.15, 0.2) is 26.9 Å². The quantitative estimate of drug-likeness (QED) is 0.766. The van der Waals surface area contributed by atoms with E-state index in [1.165, 1.54) is 0 Å². The molecule has 2 heterocycles. The Morgan fingerprint density at radius 2 is 2.18 bits per heavy atom. The lowest BCUT2D eigenvalue weighted by molar-refractivity contribution is 0.273. The van der Waals surface area contributed by atoms with Crippen molar-refractivity contribution in [3.05, 3.63) is 33.8 Å². The van der Waals surface area contributed by atoms with Crippen LogP contribution in [0.25, 0.3) is 0 Å². The van der Waals surface area contributed by atoms with Crippen molar-refractivity contribution in [3.63, 3.8) is 0 Å². The number of nitrogens with zero attached hydrogens (tertiary/aromatic N) is 1. The van der Waals surface area contributed by atoms with E-state index in [9.17, 15) is 8.42 Å². The van der Waals surface area contributed by atoms with Gasteiger partial charge < -0.3 is 9.63 Å². The molecule has 2 aromatic heterocycles. The van der Waals surface area contributed by atoms with Gasteiger partial charge in [0, 0.05) is 18.0 Å². The molecule has 0 aliphatic carbocycles. The molecule has 0 aliphatic rings. The number of hydrogen-bond donors (Lipinski definition) is 2. The average Bonchev–Trinajstić information content (AvgIpc) is 3.08. The molecular formula is C14H20N2O4S2. The second-order valence-corrected chi connectivity index (χ2v) is 7.75. The highest BCUT2D eigenvalue weighted by molar-refractivity contribution is 7.89. The summed E-state index contributed by atoms with van der Waals surface area (Å²) in [4.78, 5) is 1.27. The fourth-order valence-electron chi connectivity index (χ4n) is 2.41. The second-order valence-electron chi connectivity index (χ2n) is 5.06. The molecule has 8 heteroatoms. The number of sulfonamides is 1. The van der Waals surface area contributed by atoms with Gasteiger partial charge in [-0.05, 0) is 44.1 Å². The van der Waals surface area contributed by atoms with Crippen molar-refractivity contribution in [2.45, 2.75) is 37.5 Å². The summed E-state index contributed by atoms with van der Waals surface area (Å²) in [5, 5.41) is 14.8. The van der Waals surface area contributed by atoms with Crippen LogP contribution in [0.1, 0.15) is 35.1 Å². The largest absolute Gasteiger partial charge is 0.396 e. The summed E-state index contributed by atoms with van der Waals surface area (Å²) in [5.74, 6) is 0.438. The van der Waals surface area contributed by atoms with Gasteiger partial charge in [-0.15, -0.1) is 11.3 Å². The van der Waals surface area contributed by atoms with Crippen LogP contribution in [0.3, 0.4) is 0 Å². The number of hydrogen-bond acceptors (Lipinski definition) is 6. The van der Waals surface area contributed by atoms with Gasteiger partial charge in [0.05, 0.1) is 0 Å². The Kier molecular flexibility index (Phi) is 5.74. The molecule has 6 nitrogen and oxygen atoms in total. The van der Waals surface area contributed by atoms with E-state index in [-0.39, 0.29) is 23.2 Å². The van der Waals surface area contributed by atoms with Crippen molar-refractivity contribution >= 4 is 21.4 Å². The molecule has 0 amide bonds. The first-order valence-corrected chi connectivity index (χ1v) is 9.38. The molecule has 22 heavy (non-hydrogen) atoms. The molecule has 1 atom stereocenters. The highest BCUT2D eigenvalue weighted by atomic mass is 32.2. The number of aryl methyl sites for hydroxylation is 2. The van der Waals surface area contributed by atoms with Crippen LogP contribution in [-0.4, -0.2) is 31.8 Å². The number of thiophene rings is 1. The van der Waals surface area contributed by atoms with E-state index >= 15 is 0 Å². The highest BCUT2D eigenvalue weighted by Gasteiger charge is 2.24. The molecule has 1 unspecified atom stereocenters. The molecule has 0 spiro atoms. The van der Waals surface area contributed by atoms with Gasteiger partial charge in [-0.2, -0.15) is 0 Å². The van der Waals surface area contributed by atoms with E-state index in [1.807, 2.05) is 17.5 Å². The smallest absolute Gasteiger partial charge is 0.245 e. The first kappa shape index (κ1) is 17.1. The van der Waals surface area contributed by atoms with Crippen LogP contribution in [0.5, 0.6) is 0 Å². The standard InChI is InChI=1S/C14H20N2O4S2/c1-10-14(11(2)20-16-10)22(18,19)15-7-5-12(6-8-17)13-4-3-9-21-13/h3-4,9,12,15,17H,5-8H2,1-2H3. The third-order valence-corrected chi connectivity index (χ3v) is 6.18. The maximum absolute atomic E-state index is 12.3. The van der Waals surface area contributed by atoms with E-state index in [0.29, 0.717) is 25.1 Å². The van der Waals surface area contributed by atoms with Crippen LogP contribution in [0.2, 0.25) is 0 Å². The van der Waals surface area contributed by atoms with Crippen LogP contribution in [-0.2, 0) is 10.0 Å². The van der Waals surface area contributed by atoms with Crippen molar-refractivity contribution in [2.24, 2.45) is 0 Å². The molecule has 0 aromatic carbocycles. The number of aliphatic hydroxyl groups excluding tert-OH is 1. The normalized spacial score (nSPS) is 13.4. The van der Waals surface area contributed by atoms with Gasteiger partial charge in [0.2, 0.25) is 10.0 Å². The minimum atomic E-state index is -3.62. The third kappa shape index (κ3) is 3.95. The van der Waals surface area contributed by atoms with Crippen molar-refractivity contribution in [1.29, 1.82) is 0 Å². The Labute approximate surface area is 134 Å². The van der Waals surface area contributed by atoms with Crippen LogP contribution >= 0.6 is 11.3 Å². The van der Waals surface area contributed by atoms with Gasteiger partial charge >= 0.3 is 0 Å². The minimum Gasteiger partial charge on any atom is -0.396 e. The zero-order valence-electron chi connectivity index (χ0n) is 12.6. The molecule has 2 aromatic rings. The topological polar surface area (TPSA) is 92.4 Å². The molecule has 0 radical (unpaired) electrons. The van der Waals surface area contributed by atoms with Gasteiger partial charge in [-0.25, -0.2) is 13.1 Å². The van der Waals surface area contributed by atoms with Gasteiger partial charge in [-0.1, -0.05) is 11.2 Å². The number of aliphatic hydroxyl groups is 1. The molecule has 2 rings (SSSR count). The molecule has 0 saturated heterocycles. The van der Waals surface area contributed by atoms with E-state index < -0.39 is 10.0 Å². The van der Waals surface area contributed by atoms with Crippen LogP contribution < -0.4 is 4.72 Å². The van der Waals surface area contributed by atoms with Gasteiger partial charge in [0.15, 0.2) is 5.76 Å². The Morgan fingerprint density at radius 3 is 2.73 bits per heavy atom. The van der Waals surface area contributed by atoms with E-state index in [2.05, 4.69) is 9.88 Å². The van der Waals surface area contributed by atoms with Crippen molar-refractivity contribution in [2.75, 3.05) is 13.2 Å². The Hall–Kier alpha value is -1.22. The lowest BCUT2D eigenvalue weighted by Crippen LogP contribution is -2.26.